The number of nitrogens with one attached hydrogen (secondary N) is 2. The van der Waals surface area contributed by atoms with Crippen LogP contribution in [0.2, 0.25) is 5.02 Å². The number of benzene rings is 3. The van der Waals surface area contributed by atoms with E-state index >= 15 is 0 Å². The molecule has 0 aliphatic carbocycles. The van der Waals surface area contributed by atoms with Gasteiger partial charge in [-0.05, 0) is 53.7 Å². The maximum atomic E-state index is 12.8. The van der Waals surface area contributed by atoms with E-state index in [4.69, 9.17) is 16.3 Å². The van der Waals surface area contributed by atoms with Gasteiger partial charge in [-0.2, -0.15) is 0 Å². The van der Waals surface area contributed by atoms with Crippen molar-refractivity contribution < 1.29 is 17.9 Å². The minimum Gasteiger partial charge on any atom is -0.495 e. The lowest BCUT2D eigenvalue weighted by molar-refractivity contribution is 0.102. The van der Waals surface area contributed by atoms with Crippen LogP contribution in [0.1, 0.15) is 10.4 Å². The quantitative estimate of drug-likeness (QED) is 0.507. The van der Waals surface area contributed by atoms with E-state index in [9.17, 15) is 18.1 Å². The highest BCUT2D eigenvalue weighted by molar-refractivity contribution is 7.92. The van der Waals surface area contributed by atoms with Gasteiger partial charge in [0.1, 0.15) is 11.4 Å². The van der Waals surface area contributed by atoms with Gasteiger partial charge in [-0.1, -0.05) is 29.8 Å². The Morgan fingerprint density at radius 2 is 1.80 bits per heavy atom. The van der Waals surface area contributed by atoms with Crippen LogP contribution < -0.4 is 14.8 Å². The second-order valence-electron chi connectivity index (χ2n) is 6.04. The third-order valence-electron chi connectivity index (χ3n) is 4.05. The first-order chi connectivity index (χ1) is 14.3. The van der Waals surface area contributed by atoms with Crippen molar-refractivity contribution in [1.82, 2.24) is 0 Å². The number of hydrogen-bond acceptors (Lipinski definition) is 6. The van der Waals surface area contributed by atoms with Crippen LogP contribution in [0.5, 0.6) is 5.75 Å². The number of carbonyl (C=O) groups is 1. The van der Waals surface area contributed by atoms with Crippen LogP contribution in [0.25, 0.3) is 0 Å². The third-order valence-corrected chi connectivity index (χ3v) is 5.75. The Bertz CT molecular complexity index is 1210. The molecule has 0 saturated heterocycles. The number of nitroso groups, excluding NO2 is 1. The summed E-state index contributed by atoms with van der Waals surface area (Å²) in [5, 5.41) is 5.43. The van der Waals surface area contributed by atoms with E-state index in [2.05, 4.69) is 15.2 Å². The molecular weight excluding hydrogens is 430 g/mol. The monoisotopic (exact) mass is 445 g/mol. The Labute approximate surface area is 177 Å². The number of halogens is 1. The highest BCUT2D eigenvalue weighted by Crippen LogP contribution is 2.28. The summed E-state index contributed by atoms with van der Waals surface area (Å²) < 4.78 is 33.2. The van der Waals surface area contributed by atoms with Crippen molar-refractivity contribution in [1.29, 1.82) is 0 Å². The molecule has 0 radical (unpaired) electrons. The number of carbonyl (C=O) groups excluding carboxylic acids is 1. The molecule has 0 atom stereocenters. The van der Waals surface area contributed by atoms with E-state index in [1.54, 1.807) is 36.4 Å². The molecule has 30 heavy (non-hydrogen) atoms. The standard InChI is InChI=1S/C20H16ClN3O5S/c1-29-19-8-3-2-7-18(19)24-30(27,28)15-9-10-17(21)16(12-15)20(25)22-13-5-4-6-14(11-13)23-26/h2-12,24H,1H3,(H,22,25). The first-order valence-corrected chi connectivity index (χ1v) is 10.4. The van der Waals surface area contributed by atoms with Crippen molar-refractivity contribution in [3.8, 4) is 5.75 Å². The average Bonchev–Trinajstić information content (AvgIpc) is 2.74. The second-order valence-corrected chi connectivity index (χ2v) is 8.13. The topological polar surface area (TPSA) is 114 Å². The molecule has 2 N–H and O–H groups in total. The zero-order valence-electron chi connectivity index (χ0n) is 15.6. The highest BCUT2D eigenvalue weighted by atomic mass is 35.5. The molecule has 3 rings (SSSR count). The van der Waals surface area contributed by atoms with Crippen LogP contribution in [0, 0.1) is 4.91 Å². The number of ether oxygens (including phenoxy) is 1. The van der Waals surface area contributed by atoms with Crippen LogP contribution in [0.4, 0.5) is 17.1 Å². The van der Waals surface area contributed by atoms with E-state index in [-0.39, 0.29) is 26.9 Å². The molecule has 0 aliphatic rings. The summed E-state index contributed by atoms with van der Waals surface area (Å²) in [6.45, 7) is 0. The maximum Gasteiger partial charge on any atom is 0.262 e. The van der Waals surface area contributed by atoms with Crippen LogP contribution in [0.3, 0.4) is 0 Å². The molecule has 3 aromatic rings. The Morgan fingerprint density at radius 3 is 2.53 bits per heavy atom. The van der Waals surface area contributed by atoms with E-state index in [0.29, 0.717) is 11.4 Å². The van der Waals surface area contributed by atoms with Crippen molar-refractivity contribution in [2.45, 2.75) is 4.90 Å². The van der Waals surface area contributed by atoms with Gasteiger partial charge < -0.3 is 10.1 Å². The van der Waals surface area contributed by atoms with Gasteiger partial charge in [0.2, 0.25) is 0 Å². The molecule has 0 fully saturated rings. The van der Waals surface area contributed by atoms with Crippen LogP contribution >= 0.6 is 11.6 Å². The van der Waals surface area contributed by atoms with Gasteiger partial charge in [0.15, 0.2) is 0 Å². The van der Waals surface area contributed by atoms with Crippen molar-refractivity contribution in [2.75, 3.05) is 17.1 Å². The molecule has 154 valence electrons. The number of rotatable bonds is 7. The number of sulfonamides is 1. The summed E-state index contributed by atoms with van der Waals surface area (Å²) >= 11 is 6.11. The zero-order valence-corrected chi connectivity index (χ0v) is 17.2. The summed E-state index contributed by atoms with van der Waals surface area (Å²) in [6.07, 6.45) is 0. The molecule has 10 heteroatoms. The molecule has 0 saturated carbocycles. The smallest absolute Gasteiger partial charge is 0.262 e. The predicted octanol–water partition coefficient (Wildman–Crippen LogP) is 4.80. The number of para-hydroxylation sites is 2. The summed E-state index contributed by atoms with van der Waals surface area (Å²) in [5.41, 5.74) is 0.646. The largest absolute Gasteiger partial charge is 0.495 e. The van der Waals surface area contributed by atoms with E-state index in [1.165, 1.54) is 31.4 Å². The fraction of sp³-hybridized carbons (Fsp3) is 0.0500. The molecule has 0 heterocycles. The van der Waals surface area contributed by atoms with Crippen molar-refractivity contribution in [3.05, 3.63) is 82.2 Å². The first-order valence-electron chi connectivity index (χ1n) is 8.54. The lowest BCUT2D eigenvalue weighted by Crippen LogP contribution is -2.16. The Hall–Kier alpha value is -3.43. The zero-order chi connectivity index (χ0) is 21.7. The molecule has 0 aromatic heterocycles. The predicted molar refractivity (Wildman–Crippen MR) is 115 cm³/mol. The minimum atomic E-state index is -4.03. The Kier molecular flexibility index (Phi) is 6.34. The molecule has 8 nitrogen and oxygen atoms in total. The van der Waals surface area contributed by atoms with Gasteiger partial charge in [0.05, 0.1) is 28.3 Å². The van der Waals surface area contributed by atoms with Crippen molar-refractivity contribution >= 4 is 44.6 Å². The van der Waals surface area contributed by atoms with Gasteiger partial charge in [-0.3, -0.25) is 9.52 Å². The lowest BCUT2D eigenvalue weighted by atomic mass is 10.2. The maximum absolute atomic E-state index is 12.8. The molecule has 0 unspecified atom stereocenters. The molecule has 0 bridgehead atoms. The summed E-state index contributed by atoms with van der Waals surface area (Å²) in [7, 11) is -2.60. The normalized spacial score (nSPS) is 10.9. The summed E-state index contributed by atoms with van der Waals surface area (Å²) in [5.74, 6) is -0.297. The summed E-state index contributed by atoms with van der Waals surface area (Å²) in [6, 6.07) is 16.3. The van der Waals surface area contributed by atoms with E-state index in [0.717, 1.165) is 6.07 Å². The highest BCUT2D eigenvalue weighted by Gasteiger charge is 2.20. The van der Waals surface area contributed by atoms with Gasteiger partial charge in [-0.25, -0.2) is 8.42 Å². The summed E-state index contributed by atoms with van der Waals surface area (Å²) in [4.78, 5) is 23.1. The van der Waals surface area contributed by atoms with Crippen LogP contribution in [-0.4, -0.2) is 21.4 Å². The SMILES string of the molecule is COc1ccccc1NS(=O)(=O)c1ccc(Cl)c(C(=O)Nc2cccc(N=O)c2)c1. The number of nitrogens with zero attached hydrogens (tertiary/aromatic N) is 1. The fourth-order valence-corrected chi connectivity index (χ4v) is 3.92. The molecule has 0 spiro atoms. The fourth-order valence-electron chi connectivity index (χ4n) is 2.62. The molecule has 0 aliphatic heterocycles. The molecule has 1 amide bonds. The van der Waals surface area contributed by atoms with E-state index in [1.807, 2.05) is 0 Å². The Morgan fingerprint density at radius 1 is 1.03 bits per heavy atom. The number of amides is 1. The number of methoxy groups -OCH3 is 1. The third kappa shape index (κ3) is 4.76. The number of hydrogen-bond donors (Lipinski definition) is 2. The van der Waals surface area contributed by atoms with Crippen molar-refractivity contribution in [2.24, 2.45) is 5.18 Å². The van der Waals surface area contributed by atoms with Gasteiger partial charge >= 0.3 is 0 Å². The van der Waals surface area contributed by atoms with Crippen molar-refractivity contribution in [3.63, 3.8) is 0 Å². The van der Waals surface area contributed by atoms with Crippen LogP contribution in [-0.2, 0) is 10.0 Å². The van der Waals surface area contributed by atoms with Gasteiger partial charge in [0.25, 0.3) is 15.9 Å². The Balaban J connectivity index is 1.90. The average molecular weight is 446 g/mol. The molecule has 3 aromatic carbocycles. The second kappa shape index (κ2) is 8.93. The lowest BCUT2D eigenvalue weighted by Gasteiger charge is -2.13. The first kappa shape index (κ1) is 21.3. The minimum absolute atomic E-state index is 0.0518. The van der Waals surface area contributed by atoms with Gasteiger partial charge in [-0.15, -0.1) is 4.91 Å². The van der Waals surface area contributed by atoms with Crippen LogP contribution in [0.15, 0.2) is 76.8 Å². The molecular formula is C20H16ClN3O5S. The van der Waals surface area contributed by atoms with Gasteiger partial charge in [0, 0.05) is 5.69 Å². The van der Waals surface area contributed by atoms with E-state index < -0.39 is 15.9 Å². The number of anilines is 2.